The molecule has 5 nitrogen and oxygen atoms in total. The highest BCUT2D eigenvalue weighted by molar-refractivity contribution is 6.10. The third kappa shape index (κ3) is 2.72. The smallest absolute Gasteiger partial charge is 0.336 e. The molecule has 0 amide bonds. The summed E-state index contributed by atoms with van der Waals surface area (Å²) >= 11 is 0. The van der Waals surface area contributed by atoms with Crippen LogP contribution in [0.1, 0.15) is 10.4 Å². The topological polar surface area (TPSA) is 87.7 Å². The molecule has 3 aromatic rings. The molecular weight excluding hydrogens is 368 g/mol. The van der Waals surface area contributed by atoms with Crippen molar-refractivity contribution in [3.05, 3.63) is 88.6 Å². The Kier molecular flexibility index (Phi) is 3.64. The number of aromatic carboxylic acids is 1. The monoisotopic (exact) mass is 382 g/mol. The lowest BCUT2D eigenvalue weighted by molar-refractivity contribution is 0.0697. The third-order valence-electron chi connectivity index (χ3n) is 5.06. The molecule has 5 rings (SSSR count). The van der Waals surface area contributed by atoms with Crippen molar-refractivity contribution in [2.75, 3.05) is 0 Å². The summed E-state index contributed by atoms with van der Waals surface area (Å²) in [6.07, 6.45) is 0. The Hall–Kier alpha value is -4.12. The van der Waals surface area contributed by atoms with Crippen molar-refractivity contribution in [2.45, 2.75) is 0 Å². The zero-order chi connectivity index (χ0) is 20.1. The molecule has 29 heavy (non-hydrogen) atoms. The quantitative estimate of drug-likeness (QED) is 0.414. The molecule has 0 unspecified atom stereocenters. The number of fused-ring (bicyclic) bond motifs is 3. The molecular formula is C24H14O5. The molecule has 0 radical (unpaired) electrons. The number of hydrogen-bond acceptors (Lipinski definition) is 4. The standard InChI is InChI=1S/C24H14O5/c25-15-6-5-13-11-21-20(10-14(13)9-15)23(17-3-1-2-4-18(17)24(27)28)19-8-7-16(26)12-22(19)29-21/h1-12,25H,(H,27,28). The maximum absolute atomic E-state index is 11.9. The Morgan fingerprint density at radius 1 is 0.828 bits per heavy atom. The van der Waals surface area contributed by atoms with E-state index >= 15 is 0 Å². The first-order chi connectivity index (χ1) is 14.0. The summed E-state index contributed by atoms with van der Waals surface area (Å²) in [6.45, 7) is 0. The highest BCUT2D eigenvalue weighted by Crippen LogP contribution is 2.42. The van der Waals surface area contributed by atoms with Crippen LogP contribution in [0.4, 0.5) is 0 Å². The molecule has 1 aliphatic heterocycles. The molecule has 1 aliphatic carbocycles. The summed E-state index contributed by atoms with van der Waals surface area (Å²) in [5.74, 6) is -0.516. The second-order valence-electron chi connectivity index (χ2n) is 6.87. The Labute approximate surface area is 164 Å². The van der Waals surface area contributed by atoms with Crippen LogP contribution in [-0.4, -0.2) is 16.2 Å². The maximum Gasteiger partial charge on any atom is 0.336 e. The largest absolute Gasteiger partial charge is 0.508 e. The van der Waals surface area contributed by atoms with E-state index in [9.17, 15) is 19.8 Å². The summed E-state index contributed by atoms with van der Waals surface area (Å²) in [5, 5.41) is 21.9. The summed E-state index contributed by atoms with van der Waals surface area (Å²) < 4.78 is 6.02. The molecule has 0 bridgehead atoms. The van der Waals surface area contributed by atoms with Crippen LogP contribution in [-0.2, 0) is 0 Å². The Bertz CT molecular complexity index is 1460. The van der Waals surface area contributed by atoms with Crippen molar-refractivity contribution in [3.8, 4) is 28.2 Å². The number of phenolic OH excluding ortho intramolecular Hbond substituents is 1. The highest BCUT2D eigenvalue weighted by Gasteiger charge is 2.21. The summed E-state index contributed by atoms with van der Waals surface area (Å²) in [4.78, 5) is 23.8. The van der Waals surface area contributed by atoms with Gasteiger partial charge in [0.05, 0.1) is 5.56 Å². The summed E-state index contributed by atoms with van der Waals surface area (Å²) in [7, 11) is 0. The fourth-order valence-electron chi connectivity index (χ4n) is 3.78. The van der Waals surface area contributed by atoms with Gasteiger partial charge < -0.3 is 14.6 Å². The number of carboxylic acids is 1. The molecule has 0 atom stereocenters. The van der Waals surface area contributed by atoms with Gasteiger partial charge in [-0.3, -0.25) is 4.79 Å². The van der Waals surface area contributed by atoms with E-state index in [-0.39, 0.29) is 16.7 Å². The van der Waals surface area contributed by atoms with Gasteiger partial charge >= 0.3 is 5.97 Å². The molecule has 0 aromatic heterocycles. The minimum absolute atomic E-state index is 0.137. The number of hydrogen-bond donors (Lipinski definition) is 2. The van der Waals surface area contributed by atoms with Crippen molar-refractivity contribution in [1.29, 1.82) is 0 Å². The van der Waals surface area contributed by atoms with Gasteiger partial charge in [0, 0.05) is 22.6 Å². The lowest BCUT2D eigenvalue weighted by atomic mass is 9.90. The molecule has 0 fully saturated rings. The number of rotatable bonds is 2. The second kappa shape index (κ2) is 6.21. The van der Waals surface area contributed by atoms with Gasteiger partial charge in [0.1, 0.15) is 17.1 Å². The molecule has 5 heteroatoms. The number of aromatic hydroxyl groups is 1. The van der Waals surface area contributed by atoms with Gasteiger partial charge in [-0.15, -0.1) is 0 Å². The average Bonchev–Trinajstić information content (AvgIpc) is 2.70. The lowest BCUT2D eigenvalue weighted by Gasteiger charge is -2.17. The number of carboxylic acid groups (broad SMARTS) is 1. The first-order valence-corrected chi connectivity index (χ1v) is 8.97. The molecule has 2 N–H and O–H groups in total. The van der Waals surface area contributed by atoms with Crippen LogP contribution in [0.2, 0.25) is 0 Å². The van der Waals surface area contributed by atoms with Gasteiger partial charge in [-0.05, 0) is 58.8 Å². The SMILES string of the molecule is O=C(O)c1ccccc1-c1c2ccc(=O)cc-2oc2cc3ccc(O)cc3cc12. The van der Waals surface area contributed by atoms with Gasteiger partial charge in [0.25, 0.3) is 0 Å². The van der Waals surface area contributed by atoms with E-state index in [2.05, 4.69) is 0 Å². The average molecular weight is 382 g/mol. The van der Waals surface area contributed by atoms with Crippen LogP contribution < -0.4 is 5.43 Å². The number of phenols is 1. The third-order valence-corrected chi connectivity index (χ3v) is 5.06. The van der Waals surface area contributed by atoms with Gasteiger partial charge in [-0.1, -0.05) is 24.3 Å². The highest BCUT2D eigenvalue weighted by atomic mass is 16.4. The van der Waals surface area contributed by atoms with Crippen LogP contribution >= 0.6 is 0 Å². The van der Waals surface area contributed by atoms with Gasteiger partial charge in [0.2, 0.25) is 0 Å². The van der Waals surface area contributed by atoms with E-state index in [1.165, 1.54) is 12.1 Å². The van der Waals surface area contributed by atoms with Crippen molar-refractivity contribution in [2.24, 2.45) is 0 Å². The van der Waals surface area contributed by atoms with Crippen molar-refractivity contribution in [1.82, 2.24) is 0 Å². The fourth-order valence-corrected chi connectivity index (χ4v) is 3.78. The molecule has 3 aromatic carbocycles. The van der Waals surface area contributed by atoms with Crippen LogP contribution in [0.3, 0.4) is 0 Å². The van der Waals surface area contributed by atoms with E-state index in [1.54, 1.807) is 48.5 Å². The normalized spacial score (nSPS) is 11.3. The van der Waals surface area contributed by atoms with E-state index in [0.29, 0.717) is 33.4 Å². The summed E-state index contributed by atoms with van der Waals surface area (Å²) in [6, 6.07) is 19.9. The van der Waals surface area contributed by atoms with E-state index in [1.807, 2.05) is 12.1 Å². The molecule has 1 heterocycles. The molecule has 0 saturated heterocycles. The molecule has 2 aliphatic rings. The van der Waals surface area contributed by atoms with Crippen LogP contribution in [0, 0.1) is 0 Å². The fraction of sp³-hybridized carbons (Fsp3) is 0. The number of benzene rings is 4. The van der Waals surface area contributed by atoms with Crippen LogP contribution in [0.5, 0.6) is 5.75 Å². The van der Waals surface area contributed by atoms with Crippen molar-refractivity contribution in [3.63, 3.8) is 0 Å². The van der Waals surface area contributed by atoms with Crippen LogP contribution in [0.25, 0.3) is 44.2 Å². The lowest BCUT2D eigenvalue weighted by Crippen LogP contribution is -2.03. The molecule has 0 spiro atoms. The van der Waals surface area contributed by atoms with E-state index < -0.39 is 5.97 Å². The zero-order valence-electron chi connectivity index (χ0n) is 15.0. The molecule has 0 saturated carbocycles. The van der Waals surface area contributed by atoms with Gasteiger partial charge in [-0.2, -0.15) is 0 Å². The Morgan fingerprint density at radius 2 is 1.66 bits per heavy atom. The second-order valence-corrected chi connectivity index (χ2v) is 6.87. The minimum Gasteiger partial charge on any atom is -0.508 e. The Balaban J connectivity index is 2.01. The predicted octanol–water partition coefficient (Wildman–Crippen LogP) is 5.12. The first-order valence-electron chi connectivity index (χ1n) is 8.97. The maximum atomic E-state index is 11.9. The number of carbonyl (C=O) groups is 1. The van der Waals surface area contributed by atoms with Crippen molar-refractivity contribution >= 4 is 27.7 Å². The molecule has 140 valence electrons. The predicted molar refractivity (Wildman–Crippen MR) is 111 cm³/mol. The van der Waals surface area contributed by atoms with E-state index in [0.717, 1.165) is 10.8 Å². The van der Waals surface area contributed by atoms with Crippen molar-refractivity contribution < 1.29 is 19.4 Å². The Morgan fingerprint density at radius 3 is 2.48 bits per heavy atom. The first kappa shape index (κ1) is 17.0. The summed E-state index contributed by atoms with van der Waals surface area (Å²) in [5.41, 5.74) is 2.34. The van der Waals surface area contributed by atoms with Crippen LogP contribution in [0.15, 0.2) is 82.0 Å². The van der Waals surface area contributed by atoms with E-state index in [4.69, 9.17) is 4.42 Å². The van der Waals surface area contributed by atoms with Gasteiger partial charge in [0.15, 0.2) is 5.43 Å². The minimum atomic E-state index is -1.04. The zero-order valence-corrected chi connectivity index (χ0v) is 15.0. The van der Waals surface area contributed by atoms with Gasteiger partial charge in [-0.25, -0.2) is 4.79 Å².